The van der Waals surface area contributed by atoms with Crippen molar-refractivity contribution in [1.29, 1.82) is 0 Å². The molecule has 4 heteroatoms. The van der Waals surface area contributed by atoms with Crippen LogP contribution in [0.5, 0.6) is 0 Å². The van der Waals surface area contributed by atoms with E-state index in [1.54, 1.807) is 6.20 Å². The Hall–Kier alpha value is -2.10. The van der Waals surface area contributed by atoms with Gasteiger partial charge in [0.2, 0.25) is 0 Å². The first-order valence-corrected chi connectivity index (χ1v) is 5.85. The smallest absolute Gasteiger partial charge is 0.328 e. The molecule has 18 heavy (non-hydrogen) atoms. The van der Waals surface area contributed by atoms with Gasteiger partial charge in [0.15, 0.2) is 6.29 Å². The van der Waals surface area contributed by atoms with Gasteiger partial charge in [0, 0.05) is 22.7 Å². The number of hydrogen-bond acceptors (Lipinski definition) is 3. The fourth-order valence-corrected chi connectivity index (χ4v) is 2.20. The first kappa shape index (κ1) is 12.4. The summed E-state index contributed by atoms with van der Waals surface area (Å²) in [6.45, 7) is 1.91. The maximum atomic E-state index is 11.8. The third-order valence-electron chi connectivity index (χ3n) is 3.09. The zero-order valence-electron chi connectivity index (χ0n) is 10.4. The SMILES string of the molecule is CCC(C(=O)OC)n1cc(C=O)c2ccccc21. The summed E-state index contributed by atoms with van der Waals surface area (Å²) >= 11 is 0. The van der Waals surface area contributed by atoms with Crippen LogP contribution >= 0.6 is 0 Å². The van der Waals surface area contributed by atoms with Crippen molar-refractivity contribution in [1.82, 2.24) is 4.57 Å². The van der Waals surface area contributed by atoms with Crippen molar-refractivity contribution in [2.75, 3.05) is 7.11 Å². The summed E-state index contributed by atoms with van der Waals surface area (Å²) in [5, 5.41) is 0.856. The fourth-order valence-electron chi connectivity index (χ4n) is 2.20. The van der Waals surface area contributed by atoms with Gasteiger partial charge in [0.25, 0.3) is 0 Å². The number of hydrogen-bond donors (Lipinski definition) is 0. The number of aromatic nitrogens is 1. The number of aldehydes is 1. The van der Waals surface area contributed by atoms with Crippen LogP contribution in [-0.2, 0) is 9.53 Å². The molecule has 0 spiro atoms. The molecule has 94 valence electrons. The largest absolute Gasteiger partial charge is 0.467 e. The third-order valence-corrected chi connectivity index (χ3v) is 3.09. The molecule has 0 fully saturated rings. The summed E-state index contributed by atoms with van der Waals surface area (Å²) in [7, 11) is 1.37. The Bertz CT molecular complexity index is 586. The van der Waals surface area contributed by atoms with E-state index < -0.39 is 6.04 Å². The molecule has 0 saturated heterocycles. The van der Waals surface area contributed by atoms with Crippen molar-refractivity contribution in [3.05, 3.63) is 36.0 Å². The molecule has 0 aliphatic carbocycles. The van der Waals surface area contributed by atoms with Gasteiger partial charge in [-0.05, 0) is 12.5 Å². The Morgan fingerprint density at radius 1 is 1.44 bits per heavy atom. The zero-order chi connectivity index (χ0) is 13.1. The maximum Gasteiger partial charge on any atom is 0.328 e. The van der Waals surface area contributed by atoms with Crippen LogP contribution in [-0.4, -0.2) is 23.9 Å². The first-order chi connectivity index (χ1) is 8.72. The van der Waals surface area contributed by atoms with Crippen LogP contribution in [0, 0.1) is 0 Å². The van der Waals surface area contributed by atoms with Crippen molar-refractivity contribution in [2.24, 2.45) is 0 Å². The molecule has 1 aromatic heterocycles. The van der Waals surface area contributed by atoms with E-state index in [0.29, 0.717) is 12.0 Å². The van der Waals surface area contributed by atoms with Crippen molar-refractivity contribution in [2.45, 2.75) is 19.4 Å². The molecule has 1 unspecified atom stereocenters. The van der Waals surface area contributed by atoms with Gasteiger partial charge in [-0.3, -0.25) is 4.79 Å². The molecule has 0 amide bonds. The minimum atomic E-state index is -0.395. The van der Waals surface area contributed by atoms with Gasteiger partial charge < -0.3 is 9.30 Å². The summed E-state index contributed by atoms with van der Waals surface area (Å²) < 4.78 is 6.61. The van der Waals surface area contributed by atoms with E-state index in [9.17, 15) is 9.59 Å². The zero-order valence-corrected chi connectivity index (χ0v) is 10.4. The van der Waals surface area contributed by atoms with Crippen LogP contribution < -0.4 is 0 Å². The Morgan fingerprint density at radius 2 is 2.17 bits per heavy atom. The molecule has 1 aromatic carbocycles. The average molecular weight is 245 g/mol. The highest BCUT2D eigenvalue weighted by Crippen LogP contribution is 2.25. The van der Waals surface area contributed by atoms with Crippen molar-refractivity contribution >= 4 is 23.2 Å². The average Bonchev–Trinajstić information content (AvgIpc) is 2.78. The lowest BCUT2D eigenvalue weighted by molar-refractivity contribution is -0.144. The molecule has 0 aliphatic heterocycles. The van der Waals surface area contributed by atoms with E-state index in [1.807, 2.05) is 35.8 Å². The summed E-state index contributed by atoms with van der Waals surface area (Å²) in [6, 6.07) is 7.14. The van der Waals surface area contributed by atoms with Crippen LogP contribution in [0.15, 0.2) is 30.5 Å². The van der Waals surface area contributed by atoms with Crippen LogP contribution in [0.4, 0.5) is 0 Å². The topological polar surface area (TPSA) is 48.3 Å². The van der Waals surface area contributed by atoms with E-state index >= 15 is 0 Å². The van der Waals surface area contributed by atoms with Crippen LogP contribution in [0.1, 0.15) is 29.7 Å². The monoisotopic (exact) mass is 245 g/mol. The highest BCUT2D eigenvalue weighted by Gasteiger charge is 2.21. The number of methoxy groups -OCH3 is 1. The molecule has 0 bridgehead atoms. The molecule has 0 radical (unpaired) electrons. The van der Waals surface area contributed by atoms with Gasteiger partial charge in [-0.25, -0.2) is 4.79 Å². The van der Waals surface area contributed by atoms with Gasteiger partial charge in [-0.2, -0.15) is 0 Å². The number of carbonyl (C=O) groups is 2. The lowest BCUT2D eigenvalue weighted by atomic mass is 10.2. The van der Waals surface area contributed by atoms with Crippen molar-refractivity contribution < 1.29 is 14.3 Å². The highest BCUT2D eigenvalue weighted by molar-refractivity contribution is 5.98. The molecule has 1 atom stereocenters. The van der Waals surface area contributed by atoms with E-state index in [4.69, 9.17) is 4.74 Å². The van der Waals surface area contributed by atoms with Gasteiger partial charge >= 0.3 is 5.97 Å². The molecule has 1 heterocycles. The number of esters is 1. The Kier molecular flexibility index (Phi) is 3.46. The minimum Gasteiger partial charge on any atom is -0.467 e. The van der Waals surface area contributed by atoms with Crippen LogP contribution in [0.25, 0.3) is 10.9 Å². The standard InChI is InChI=1S/C14H15NO3/c1-3-12(14(17)18-2)15-8-10(9-16)11-6-4-5-7-13(11)15/h4-9,12H,3H2,1-2H3. The van der Waals surface area contributed by atoms with Gasteiger partial charge in [-0.15, -0.1) is 0 Å². The summed E-state index contributed by atoms with van der Waals surface area (Å²) in [4.78, 5) is 22.8. The number of para-hydroxylation sites is 1. The predicted octanol–water partition coefficient (Wildman–Crippen LogP) is 2.58. The number of benzene rings is 1. The second kappa shape index (κ2) is 5.04. The normalized spacial score (nSPS) is 12.3. The van der Waals surface area contributed by atoms with Crippen molar-refractivity contribution in [3.63, 3.8) is 0 Å². The lowest BCUT2D eigenvalue weighted by Crippen LogP contribution is -2.19. The molecule has 2 rings (SSSR count). The molecular formula is C14H15NO3. The second-order valence-corrected chi connectivity index (χ2v) is 4.07. The molecule has 0 saturated carbocycles. The van der Waals surface area contributed by atoms with Gasteiger partial charge in [0.1, 0.15) is 6.04 Å². The minimum absolute atomic E-state index is 0.296. The fraction of sp³-hybridized carbons (Fsp3) is 0.286. The van der Waals surface area contributed by atoms with Crippen LogP contribution in [0.2, 0.25) is 0 Å². The number of ether oxygens (including phenoxy) is 1. The lowest BCUT2D eigenvalue weighted by Gasteiger charge is -2.15. The second-order valence-electron chi connectivity index (χ2n) is 4.07. The Morgan fingerprint density at radius 3 is 2.78 bits per heavy atom. The highest BCUT2D eigenvalue weighted by atomic mass is 16.5. The maximum absolute atomic E-state index is 11.8. The number of rotatable bonds is 4. The number of carbonyl (C=O) groups excluding carboxylic acids is 2. The number of nitrogens with zero attached hydrogens (tertiary/aromatic N) is 1. The Balaban J connectivity index is 2.63. The van der Waals surface area contributed by atoms with E-state index in [0.717, 1.165) is 17.2 Å². The van der Waals surface area contributed by atoms with Gasteiger partial charge in [0.05, 0.1) is 7.11 Å². The summed E-state index contributed by atoms with van der Waals surface area (Å²) in [6.07, 6.45) is 3.13. The molecule has 4 nitrogen and oxygen atoms in total. The van der Waals surface area contributed by atoms with E-state index in [1.165, 1.54) is 7.11 Å². The molecule has 0 N–H and O–H groups in total. The van der Waals surface area contributed by atoms with E-state index in [-0.39, 0.29) is 5.97 Å². The molecular weight excluding hydrogens is 230 g/mol. The first-order valence-electron chi connectivity index (χ1n) is 5.85. The van der Waals surface area contributed by atoms with Crippen molar-refractivity contribution in [3.8, 4) is 0 Å². The third kappa shape index (κ3) is 1.90. The van der Waals surface area contributed by atoms with Crippen LogP contribution in [0.3, 0.4) is 0 Å². The van der Waals surface area contributed by atoms with Gasteiger partial charge in [-0.1, -0.05) is 25.1 Å². The molecule has 0 aliphatic rings. The number of fused-ring (bicyclic) bond motifs is 1. The molecule has 2 aromatic rings. The quantitative estimate of drug-likeness (QED) is 0.614. The van der Waals surface area contributed by atoms with E-state index in [2.05, 4.69) is 0 Å². The summed E-state index contributed by atoms with van der Waals surface area (Å²) in [5.74, 6) is -0.296. The predicted molar refractivity (Wildman–Crippen MR) is 68.7 cm³/mol. The summed E-state index contributed by atoms with van der Waals surface area (Å²) in [5.41, 5.74) is 1.46. The Labute approximate surface area is 105 Å².